The summed E-state index contributed by atoms with van der Waals surface area (Å²) in [6.45, 7) is -0.585. The summed E-state index contributed by atoms with van der Waals surface area (Å²) in [5.74, 6) is 0.000853. The average Bonchev–Trinajstić information content (AvgIpc) is 2.35. The SMILES string of the molecule is CN(CC(F)F)C(=O)COc1ccccc1CN. The van der Waals surface area contributed by atoms with Crippen molar-refractivity contribution >= 4 is 5.91 Å². The molecule has 0 bridgehead atoms. The maximum atomic E-state index is 12.1. The first-order valence-electron chi connectivity index (χ1n) is 5.47. The number of amides is 1. The number of carbonyl (C=O) groups excluding carboxylic acids is 1. The fourth-order valence-corrected chi connectivity index (χ4v) is 1.37. The molecule has 1 amide bonds. The Morgan fingerprint density at radius 1 is 1.44 bits per heavy atom. The monoisotopic (exact) mass is 258 g/mol. The van der Waals surface area contributed by atoms with E-state index in [1.807, 2.05) is 0 Å². The van der Waals surface area contributed by atoms with Crippen molar-refractivity contribution in [2.75, 3.05) is 20.2 Å². The molecule has 0 atom stereocenters. The second kappa shape index (κ2) is 6.90. The Balaban J connectivity index is 2.52. The molecule has 0 aliphatic heterocycles. The quantitative estimate of drug-likeness (QED) is 0.835. The first-order valence-corrected chi connectivity index (χ1v) is 5.47. The molecule has 0 aromatic heterocycles. The van der Waals surface area contributed by atoms with Gasteiger partial charge in [0, 0.05) is 19.2 Å². The molecule has 18 heavy (non-hydrogen) atoms. The van der Waals surface area contributed by atoms with E-state index in [0.717, 1.165) is 10.5 Å². The highest BCUT2D eigenvalue weighted by Crippen LogP contribution is 2.16. The Morgan fingerprint density at radius 3 is 2.72 bits per heavy atom. The van der Waals surface area contributed by atoms with Crippen LogP contribution in [0.2, 0.25) is 0 Å². The highest BCUT2D eigenvalue weighted by molar-refractivity contribution is 5.77. The van der Waals surface area contributed by atoms with Gasteiger partial charge in [-0.3, -0.25) is 4.79 Å². The van der Waals surface area contributed by atoms with E-state index in [0.29, 0.717) is 5.75 Å². The maximum Gasteiger partial charge on any atom is 0.260 e. The first kappa shape index (κ1) is 14.4. The van der Waals surface area contributed by atoms with Gasteiger partial charge in [-0.15, -0.1) is 0 Å². The van der Waals surface area contributed by atoms with Crippen LogP contribution in [0.3, 0.4) is 0 Å². The molecule has 0 heterocycles. The standard InChI is InChI=1S/C12H16F2N2O2/c1-16(7-11(13)14)12(17)8-18-10-5-3-2-4-9(10)6-15/h2-5,11H,6-8,15H2,1H3. The van der Waals surface area contributed by atoms with Gasteiger partial charge in [0.05, 0.1) is 6.54 Å². The Labute approximate surface area is 104 Å². The molecule has 0 radical (unpaired) electrons. The summed E-state index contributed by atoms with van der Waals surface area (Å²) in [4.78, 5) is 12.4. The third kappa shape index (κ3) is 4.29. The molecule has 0 unspecified atom stereocenters. The van der Waals surface area contributed by atoms with Crippen molar-refractivity contribution in [3.8, 4) is 5.75 Å². The molecule has 0 saturated carbocycles. The van der Waals surface area contributed by atoms with Crippen molar-refractivity contribution in [2.45, 2.75) is 13.0 Å². The van der Waals surface area contributed by atoms with Gasteiger partial charge in [-0.2, -0.15) is 0 Å². The number of halogens is 2. The van der Waals surface area contributed by atoms with E-state index in [1.54, 1.807) is 24.3 Å². The molecule has 1 aromatic rings. The third-order valence-electron chi connectivity index (χ3n) is 2.38. The molecule has 100 valence electrons. The number of benzene rings is 1. The maximum absolute atomic E-state index is 12.1. The average molecular weight is 258 g/mol. The molecule has 0 aliphatic carbocycles. The highest BCUT2D eigenvalue weighted by atomic mass is 19.3. The van der Waals surface area contributed by atoms with E-state index < -0.39 is 18.9 Å². The summed E-state index contributed by atoms with van der Waals surface area (Å²) in [7, 11) is 1.31. The van der Waals surface area contributed by atoms with Gasteiger partial charge in [-0.05, 0) is 6.07 Å². The van der Waals surface area contributed by atoms with E-state index in [2.05, 4.69) is 0 Å². The lowest BCUT2D eigenvalue weighted by Gasteiger charge is -2.17. The summed E-state index contributed by atoms with van der Waals surface area (Å²) in [5, 5.41) is 0. The predicted molar refractivity (Wildman–Crippen MR) is 63.5 cm³/mol. The second-order valence-corrected chi connectivity index (χ2v) is 3.77. The molecule has 1 rings (SSSR count). The van der Waals surface area contributed by atoms with E-state index >= 15 is 0 Å². The number of carbonyl (C=O) groups is 1. The van der Waals surface area contributed by atoms with E-state index in [-0.39, 0.29) is 13.2 Å². The minimum atomic E-state index is -2.55. The van der Waals surface area contributed by atoms with Gasteiger partial charge in [0.2, 0.25) is 0 Å². The molecular formula is C12H16F2N2O2. The predicted octanol–water partition coefficient (Wildman–Crippen LogP) is 1.25. The van der Waals surface area contributed by atoms with Crippen LogP contribution in [0.4, 0.5) is 8.78 Å². The summed E-state index contributed by atoms with van der Waals surface area (Å²) in [5.41, 5.74) is 6.27. The Hall–Kier alpha value is -1.69. The molecule has 0 fully saturated rings. The van der Waals surface area contributed by atoms with Crippen LogP contribution in [0.5, 0.6) is 5.75 Å². The minimum Gasteiger partial charge on any atom is -0.483 e. The zero-order chi connectivity index (χ0) is 13.5. The van der Waals surface area contributed by atoms with Gasteiger partial charge in [0.25, 0.3) is 12.3 Å². The largest absolute Gasteiger partial charge is 0.483 e. The van der Waals surface area contributed by atoms with Gasteiger partial charge in [-0.1, -0.05) is 18.2 Å². The molecular weight excluding hydrogens is 242 g/mol. The molecule has 0 spiro atoms. The zero-order valence-electron chi connectivity index (χ0n) is 10.1. The number of likely N-dealkylation sites (N-methyl/N-ethyl adjacent to an activating group) is 1. The molecule has 4 nitrogen and oxygen atoms in total. The van der Waals surface area contributed by atoms with Crippen LogP contribution < -0.4 is 10.5 Å². The van der Waals surface area contributed by atoms with Crippen molar-refractivity contribution in [3.05, 3.63) is 29.8 Å². The second-order valence-electron chi connectivity index (χ2n) is 3.77. The van der Waals surface area contributed by atoms with Crippen LogP contribution in [-0.4, -0.2) is 37.4 Å². The van der Waals surface area contributed by atoms with Gasteiger partial charge < -0.3 is 15.4 Å². The van der Waals surface area contributed by atoms with Crippen molar-refractivity contribution in [1.29, 1.82) is 0 Å². The number of hydrogen-bond acceptors (Lipinski definition) is 3. The number of nitrogens with zero attached hydrogens (tertiary/aromatic N) is 1. The van der Waals surface area contributed by atoms with Gasteiger partial charge in [-0.25, -0.2) is 8.78 Å². The summed E-state index contributed by atoms with van der Waals surface area (Å²) in [6.07, 6.45) is -2.55. The normalized spacial score (nSPS) is 10.5. The number of rotatable bonds is 6. The Bertz CT molecular complexity index is 399. The lowest BCUT2D eigenvalue weighted by Crippen LogP contribution is -2.35. The molecule has 2 N–H and O–H groups in total. The lowest BCUT2D eigenvalue weighted by molar-refractivity contribution is -0.133. The lowest BCUT2D eigenvalue weighted by atomic mass is 10.2. The Morgan fingerprint density at radius 2 is 2.11 bits per heavy atom. The summed E-state index contributed by atoms with van der Waals surface area (Å²) >= 11 is 0. The van der Waals surface area contributed by atoms with Crippen LogP contribution in [-0.2, 0) is 11.3 Å². The molecule has 1 aromatic carbocycles. The number of ether oxygens (including phenoxy) is 1. The van der Waals surface area contributed by atoms with E-state index in [4.69, 9.17) is 10.5 Å². The van der Waals surface area contributed by atoms with Crippen LogP contribution in [0, 0.1) is 0 Å². The van der Waals surface area contributed by atoms with Crippen LogP contribution in [0.1, 0.15) is 5.56 Å². The fraction of sp³-hybridized carbons (Fsp3) is 0.417. The van der Waals surface area contributed by atoms with Crippen molar-refractivity contribution < 1.29 is 18.3 Å². The van der Waals surface area contributed by atoms with Crippen LogP contribution in [0.15, 0.2) is 24.3 Å². The van der Waals surface area contributed by atoms with Crippen LogP contribution in [0.25, 0.3) is 0 Å². The van der Waals surface area contributed by atoms with Crippen LogP contribution >= 0.6 is 0 Å². The molecule has 6 heteroatoms. The number of para-hydroxylation sites is 1. The highest BCUT2D eigenvalue weighted by Gasteiger charge is 2.14. The topological polar surface area (TPSA) is 55.6 Å². The number of alkyl halides is 2. The van der Waals surface area contributed by atoms with Gasteiger partial charge in [0.15, 0.2) is 6.61 Å². The van der Waals surface area contributed by atoms with E-state index in [1.165, 1.54) is 7.05 Å². The summed E-state index contributed by atoms with van der Waals surface area (Å²) < 4.78 is 29.4. The van der Waals surface area contributed by atoms with Crippen molar-refractivity contribution in [2.24, 2.45) is 5.73 Å². The third-order valence-corrected chi connectivity index (χ3v) is 2.38. The van der Waals surface area contributed by atoms with Gasteiger partial charge >= 0.3 is 0 Å². The minimum absolute atomic E-state index is 0.278. The smallest absolute Gasteiger partial charge is 0.260 e. The molecule has 0 saturated heterocycles. The number of hydrogen-bond donors (Lipinski definition) is 1. The van der Waals surface area contributed by atoms with E-state index in [9.17, 15) is 13.6 Å². The molecule has 0 aliphatic rings. The zero-order valence-corrected chi connectivity index (χ0v) is 10.1. The van der Waals surface area contributed by atoms with Gasteiger partial charge in [0.1, 0.15) is 5.75 Å². The summed E-state index contributed by atoms with van der Waals surface area (Å²) in [6, 6.07) is 7.02. The Kier molecular flexibility index (Phi) is 5.51. The fourth-order valence-electron chi connectivity index (χ4n) is 1.37. The van der Waals surface area contributed by atoms with Crippen molar-refractivity contribution in [1.82, 2.24) is 4.90 Å². The van der Waals surface area contributed by atoms with Crippen molar-refractivity contribution in [3.63, 3.8) is 0 Å². The number of nitrogens with two attached hydrogens (primary N) is 1. The first-order chi connectivity index (χ1) is 8.54.